The monoisotopic (exact) mass is 283 g/mol. The molecular formula is C16H17N3O2. The fourth-order valence-electron chi connectivity index (χ4n) is 1.85. The number of primary amides is 1. The van der Waals surface area contributed by atoms with Gasteiger partial charge in [-0.1, -0.05) is 30.3 Å². The summed E-state index contributed by atoms with van der Waals surface area (Å²) in [5.74, 6) is 0. The van der Waals surface area contributed by atoms with Crippen LogP contribution in [0.2, 0.25) is 0 Å². The van der Waals surface area contributed by atoms with Gasteiger partial charge in [0.15, 0.2) is 0 Å². The van der Waals surface area contributed by atoms with Crippen LogP contribution in [0.15, 0.2) is 64.8 Å². The fourth-order valence-corrected chi connectivity index (χ4v) is 1.85. The predicted molar refractivity (Wildman–Crippen MR) is 80.8 cm³/mol. The molecule has 5 nitrogen and oxygen atoms in total. The first-order valence-corrected chi connectivity index (χ1v) is 6.53. The number of nitrogens with two attached hydrogens (primary N) is 1. The van der Waals surface area contributed by atoms with Crippen LogP contribution in [0, 0.1) is 0 Å². The van der Waals surface area contributed by atoms with E-state index in [0.29, 0.717) is 0 Å². The van der Waals surface area contributed by atoms with Gasteiger partial charge in [-0.3, -0.25) is 0 Å². The van der Waals surface area contributed by atoms with Crippen LogP contribution in [0.5, 0.6) is 0 Å². The summed E-state index contributed by atoms with van der Waals surface area (Å²) >= 11 is 0. The molecule has 0 aromatic heterocycles. The van der Waals surface area contributed by atoms with Crippen LogP contribution in [0.4, 0.5) is 16.2 Å². The molecule has 2 rings (SSSR count). The Morgan fingerprint density at radius 2 is 1.48 bits per heavy atom. The Balaban J connectivity index is 2.12. The largest absolute Gasteiger partial charge is 0.439 e. The van der Waals surface area contributed by atoms with Gasteiger partial charge in [0.1, 0.15) is 5.60 Å². The van der Waals surface area contributed by atoms with Crippen molar-refractivity contribution in [3.05, 3.63) is 60.2 Å². The average Bonchev–Trinajstić information content (AvgIpc) is 2.45. The molecule has 2 aromatic rings. The second-order valence-corrected chi connectivity index (χ2v) is 5.01. The maximum atomic E-state index is 10.9. The van der Waals surface area contributed by atoms with E-state index in [-0.39, 0.29) is 0 Å². The summed E-state index contributed by atoms with van der Waals surface area (Å²) in [4.78, 5) is 10.9. The van der Waals surface area contributed by atoms with Crippen molar-refractivity contribution >= 4 is 17.5 Å². The van der Waals surface area contributed by atoms with Gasteiger partial charge < -0.3 is 10.5 Å². The first-order valence-electron chi connectivity index (χ1n) is 6.53. The zero-order valence-electron chi connectivity index (χ0n) is 12.0. The highest BCUT2D eigenvalue weighted by atomic mass is 16.6. The van der Waals surface area contributed by atoms with Gasteiger partial charge in [-0.2, -0.15) is 10.2 Å². The van der Waals surface area contributed by atoms with E-state index in [0.717, 1.165) is 16.9 Å². The summed E-state index contributed by atoms with van der Waals surface area (Å²) in [6, 6.07) is 16.8. The molecule has 0 heterocycles. The maximum Gasteiger partial charge on any atom is 0.405 e. The van der Waals surface area contributed by atoms with Gasteiger partial charge in [0, 0.05) is 0 Å². The third kappa shape index (κ3) is 4.14. The van der Waals surface area contributed by atoms with Crippen LogP contribution < -0.4 is 5.73 Å². The lowest BCUT2D eigenvalue weighted by atomic mass is 9.98. The number of amides is 1. The van der Waals surface area contributed by atoms with E-state index in [1.807, 2.05) is 54.6 Å². The van der Waals surface area contributed by atoms with Crippen LogP contribution in [0.3, 0.4) is 0 Å². The van der Waals surface area contributed by atoms with Gasteiger partial charge in [-0.25, -0.2) is 4.79 Å². The van der Waals surface area contributed by atoms with Crippen LogP contribution in [0.25, 0.3) is 0 Å². The third-order valence-electron chi connectivity index (χ3n) is 2.96. The van der Waals surface area contributed by atoms with Crippen molar-refractivity contribution in [3.8, 4) is 0 Å². The summed E-state index contributed by atoms with van der Waals surface area (Å²) in [5.41, 5.74) is 6.63. The van der Waals surface area contributed by atoms with E-state index in [1.165, 1.54) is 0 Å². The van der Waals surface area contributed by atoms with Crippen LogP contribution in [-0.2, 0) is 10.3 Å². The number of rotatable bonds is 4. The number of azo groups is 1. The molecule has 0 unspecified atom stereocenters. The molecule has 2 aromatic carbocycles. The zero-order valence-corrected chi connectivity index (χ0v) is 12.0. The minimum atomic E-state index is -0.798. The average molecular weight is 283 g/mol. The van der Waals surface area contributed by atoms with E-state index >= 15 is 0 Å². The molecule has 2 N–H and O–H groups in total. The molecule has 5 heteroatoms. The van der Waals surface area contributed by atoms with Gasteiger partial charge in [-0.05, 0) is 43.7 Å². The molecule has 0 radical (unpaired) electrons. The maximum absolute atomic E-state index is 10.9. The molecule has 21 heavy (non-hydrogen) atoms. The van der Waals surface area contributed by atoms with Crippen LogP contribution in [-0.4, -0.2) is 6.09 Å². The topological polar surface area (TPSA) is 77.0 Å². The zero-order chi connectivity index (χ0) is 15.3. The molecule has 0 saturated carbocycles. The highest BCUT2D eigenvalue weighted by molar-refractivity contribution is 5.65. The van der Waals surface area contributed by atoms with Crippen molar-refractivity contribution in [1.82, 2.24) is 0 Å². The minimum Gasteiger partial charge on any atom is -0.439 e. The van der Waals surface area contributed by atoms with Crippen LogP contribution in [0.1, 0.15) is 19.4 Å². The minimum absolute atomic E-state index is 0.720. The van der Waals surface area contributed by atoms with Crippen LogP contribution >= 0.6 is 0 Å². The Kier molecular flexibility index (Phi) is 4.33. The third-order valence-corrected chi connectivity index (χ3v) is 2.96. The van der Waals surface area contributed by atoms with Gasteiger partial charge in [0.25, 0.3) is 0 Å². The number of carbonyl (C=O) groups excluding carboxylic acids is 1. The summed E-state index contributed by atoms with van der Waals surface area (Å²) in [6.07, 6.45) is -0.798. The lowest BCUT2D eigenvalue weighted by Crippen LogP contribution is -2.28. The second kappa shape index (κ2) is 6.17. The van der Waals surface area contributed by atoms with Gasteiger partial charge >= 0.3 is 6.09 Å². The Bertz CT molecular complexity index is 634. The number of nitrogens with zero attached hydrogens (tertiary/aromatic N) is 2. The predicted octanol–water partition coefficient (Wildman–Crippen LogP) is 4.43. The lowest BCUT2D eigenvalue weighted by Gasteiger charge is -2.24. The number of carbonyl (C=O) groups is 1. The quantitative estimate of drug-likeness (QED) is 0.842. The van der Waals surface area contributed by atoms with Crippen molar-refractivity contribution in [2.24, 2.45) is 16.0 Å². The van der Waals surface area contributed by atoms with Gasteiger partial charge in [0.2, 0.25) is 0 Å². The number of ether oxygens (including phenoxy) is 1. The highest BCUT2D eigenvalue weighted by Crippen LogP contribution is 2.27. The molecule has 0 aliphatic carbocycles. The molecule has 0 fully saturated rings. The molecule has 0 bridgehead atoms. The van der Waals surface area contributed by atoms with E-state index in [4.69, 9.17) is 10.5 Å². The Morgan fingerprint density at radius 3 is 2.00 bits per heavy atom. The first-order chi connectivity index (χ1) is 9.97. The molecule has 0 aliphatic rings. The first kappa shape index (κ1) is 14.7. The lowest BCUT2D eigenvalue weighted by molar-refractivity contribution is 0.0432. The summed E-state index contributed by atoms with van der Waals surface area (Å²) < 4.78 is 5.08. The normalized spacial score (nSPS) is 11.5. The molecule has 0 aliphatic heterocycles. The summed E-state index contributed by atoms with van der Waals surface area (Å²) in [7, 11) is 0. The molecule has 0 saturated heterocycles. The Labute approximate surface area is 123 Å². The van der Waals surface area contributed by atoms with Crippen molar-refractivity contribution in [3.63, 3.8) is 0 Å². The Hall–Kier alpha value is -2.69. The highest BCUT2D eigenvalue weighted by Gasteiger charge is 2.23. The van der Waals surface area contributed by atoms with Gasteiger partial charge in [-0.15, -0.1) is 0 Å². The summed E-state index contributed by atoms with van der Waals surface area (Å²) in [5, 5.41) is 8.29. The summed E-state index contributed by atoms with van der Waals surface area (Å²) in [6.45, 7) is 3.55. The molecule has 108 valence electrons. The SMILES string of the molecule is CC(C)(OC(N)=O)c1ccc(/N=N/c2ccccc2)cc1. The van der Waals surface area contributed by atoms with Gasteiger partial charge in [0.05, 0.1) is 11.4 Å². The van der Waals surface area contributed by atoms with E-state index in [2.05, 4.69) is 10.2 Å². The van der Waals surface area contributed by atoms with E-state index in [1.54, 1.807) is 13.8 Å². The number of hydrogen-bond donors (Lipinski definition) is 1. The smallest absolute Gasteiger partial charge is 0.405 e. The van der Waals surface area contributed by atoms with Crippen molar-refractivity contribution < 1.29 is 9.53 Å². The molecule has 0 spiro atoms. The van der Waals surface area contributed by atoms with Crippen molar-refractivity contribution in [2.45, 2.75) is 19.4 Å². The fraction of sp³-hybridized carbons (Fsp3) is 0.188. The molecule has 1 amide bonds. The van der Waals surface area contributed by atoms with Crippen molar-refractivity contribution in [1.29, 1.82) is 0 Å². The van der Waals surface area contributed by atoms with E-state index < -0.39 is 11.7 Å². The number of benzene rings is 2. The molecular weight excluding hydrogens is 266 g/mol. The van der Waals surface area contributed by atoms with Crippen molar-refractivity contribution in [2.75, 3.05) is 0 Å². The Morgan fingerprint density at radius 1 is 0.952 bits per heavy atom. The van der Waals surface area contributed by atoms with E-state index in [9.17, 15) is 4.79 Å². The second-order valence-electron chi connectivity index (χ2n) is 5.01. The standard InChI is InChI=1S/C16H17N3O2/c1-16(2,21-15(17)20)12-8-10-14(11-9-12)19-18-13-6-4-3-5-7-13/h3-11H,1-2H3,(H2,17,20)/b19-18+. The number of hydrogen-bond acceptors (Lipinski definition) is 4. The molecule has 0 atom stereocenters.